The second-order valence-corrected chi connectivity index (χ2v) is 5.01. The van der Waals surface area contributed by atoms with Crippen molar-refractivity contribution >= 4 is 10.9 Å². The van der Waals surface area contributed by atoms with Gasteiger partial charge in [0.05, 0.1) is 7.11 Å². The molecule has 0 saturated carbocycles. The summed E-state index contributed by atoms with van der Waals surface area (Å²) in [5.74, 6) is 0.893. The SMILES string of the molecule is CCCn1ccc2ccc(-c3ccc(OC)cc3)cc21. The second-order valence-electron chi connectivity index (χ2n) is 5.01. The Hall–Kier alpha value is -2.22. The summed E-state index contributed by atoms with van der Waals surface area (Å²) in [6.07, 6.45) is 3.32. The number of aryl methyl sites for hydroxylation is 1. The Morgan fingerprint density at radius 2 is 1.70 bits per heavy atom. The Morgan fingerprint density at radius 3 is 2.40 bits per heavy atom. The molecule has 0 amide bonds. The number of nitrogens with zero attached hydrogens (tertiary/aromatic N) is 1. The zero-order valence-electron chi connectivity index (χ0n) is 12.0. The van der Waals surface area contributed by atoms with Crippen LogP contribution in [0.2, 0.25) is 0 Å². The van der Waals surface area contributed by atoms with E-state index in [1.54, 1.807) is 7.11 Å². The molecule has 0 radical (unpaired) electrons. The first-order chi connectivity index (χ1) is 9.81. The van der Waals surface area contributed by atoms with Gasteiger partial charge in [0, 0.05) is 18.3 Å². The number of ether oxygens (including phenoxy) is 1. The third kappa shape index (κ3) is 2.29. The summed E-state index contributed by atoms with van der Waals surface area (Å²) in [7, 11) is 1.69. The molecule has 0 aliphatic carbocycles. The standard InChI is InChI=1S/C18H19NO/c1-3-11-19-12-10-15-4-5-16(13-18(15)19)14-6-8-17(20-2)9-7-14/h4-10,12-13H,3,11H2,1-2H3. The minimum Gasteiger partial charge on any atom is -0.497 e. The third-order valence-electron chi connectivity index (χ3n) is 3.66. The van der Waals surface area contributed by atoms with E-state index in [2.05, 4.69) is 54.1 Å². The van der Waals surface area contributed by atoms with Crippen molar-refractivity contribution in [3.8, 4) is 16.9 Å². The largest absolute Gasteiger partial charge is 0.497 e. The number of rotatable bonds is 4. The summed E-state index contributed by atoms with van der Waals surface area (Å²) in [5.41, 5.74) is 3.77. The Labute approximate surface area is 119 Å². The quantitative estimate of drug-likeness (QED) is 0.665. The topological polar surface area (TPSA) is 14.2 Å². The summed E-state index contributed by atoms with van der Waals surface area (Å²) >= 11 is 0. The molecule has 3 aromatic rings. The van der Waals surface area contributed by atoms with Crippen LogP contribution in [0.25, 0.3) is 22.0 Å². The number of hydrogen-bond donors (Lipinski definition) is 0. The molecule has 0 aliphatic rings. The second kappa shape index (κ2) is 5.41. The van der Waals surface area contributed by atoms with E-state index in [9.17, 15) is 0 Å². The van der Waals surface area contributed by atoms with E-state index in [0.717, 1.165) is 18.7 Å². The first kappa shape index (κ1) is 12.8. The summed E-state index contributed by atoms with van der Waals surface area (Å²) in [5, 5.41) is 1.30. The van der Waals surface area contributed by atoms with Crippen molar-refractivity contribution in [2.24, 2.45) is 0 Å². The van der Waals surface area contributed by atoms with E-state index in [1.807, 2.05) is 12.1 Å². The average molecular weight is 265 g/mol. The van der Waals surface area contributed by atoms with Gasteiger partial charge in [-0.25, -0.2) is 0 Å². The zero-order chi connectivity index (χ0) is 13.9. The molecule has 3 rings (SSSR count). The molecular formula is C18H19NO. The highest BCUT2D eigenvalue weighted by molar-refractivity contribution is 5.85. The molecule has 0 N–H and O–H groups in total. The first-order valence-electron chi connectivity index (χ1n) is 7.05. The predicted molar refractivity (Wildman–Crippen MR) is 84.2 cm³/mol. The Kier molecular flexibility index (Phi) is 3.46. The fraction of sp³-hybridized carbons (Fsp3) is 0.222. The smallest absolute Gasteiger partial charge is 0.118 e. The molecule has 2 nitrogen and oxygen atoms in total. The van der Waals surface area contributed by atoms with Crippen LogP contribution < -0.4 is 4.74 Å². The predicted octanol–water partition coefficient (Wildman–Crippen LogP) is 4.73. The van der Waals surface area contributed by atoms with Gasteiger partial charge in [-0.2, -0.15) is 0 Å². The Morgan fingerprint density at radius 1 is 0.950 bits per heavy atom. The molecule has 2 heteroatoms. The van der Waals surface area contributed by atoms with Crippen LogP contribution >= 0.6 is 0 Å². The molecule has 0 unspecified atom stereocenters. The zero-order valence-corrected chi connectivity index (χ0v) is 12.0. The van der Waals surface area contributed by atoms with Gasteiger partial charge < -0.3 is 9.30 Å². The van der Waals surface area contributed by atoms with Crippen molar-refractivity contribution < 1.29 is 4.74 Å². The van der Waals surface area contributed by atoms with E-state index in [4.69, 9.17) is 4.74 Å². The first-order valence-corrected chi connectivity index (χ1v) is 7.05. The van der Waals surface area contributed by atoms with E-state index in [1.165, 1.54) is 22.0 Å². The van der Waals surface area contributed by atoms with E-state index >= 15 is 0 Å². The molecule has 2 aromatic carbocycles. The van der Waals surface area contributed by atoms with Gasteiger partial charge in [0.15, 0.2) is 0 Å². The number of aromatic nitrogens is 1. The number of fused-ring (bicyclic) bond motifs is 1. The van der Waals surface area contributed by atoms with Gasteiger partial charge in [-0.05, 0) is 47.2 Å². The molecular weight excluding hydrogens is 246 g/mol. The lowest BCUT2D eigenvalue weighted by Crippen LogP contribution is -1.93. The van der Waals surface area contributed by atoms with Gasteiger partial charge in [0.2, 0.25) is 0 Å². The molecule has 0 saturated heterocycles. The fourth-order valence-electron chi connectivity index (χ4n) is 2.58. The van der Waals surface area contributed by atoms with Crippen molar-refractivity contribution in [1.82, 2.24) is 4.57 Å². The third-order valence-corrected chi connectivity index (χ3v) is 3.66. The van der Waals surface area contributed by atoms with Crippen molar-refractivity contribution in [2.45, 2.75) is 19.9 Å². The molecule has 0 bridgehead atoms. The summed E-state index contributed by atoms with van der Waals surface area (Å²) in [6.45, 7) is 3.27. The number of methoxy groups -OCH3 is 1. The number of benzene rings is 2. The lowest BCUT2D eigenvalue weighted by atomic mass is 10.0. The van der Waals surface area contributed by atoms with Crippen LogP contribution in [0.15, 0.2) is 54.7 Å². The maximum absolute atomic E-state index is 5.21. The summed E-state index contributed by atoms with van der Waals surface area (Å²) in [6, 6.07) is 17.0. The van der Waals surface area contributed by atoms with Crippen LogP contribution in [0.4, 0.5) is 0 Å². The molecule has 0 fully saturated rings. The lowest BCUT2D eigenvalue weighted by Gasteiger charge is -2.07. The fourth-order valence-corrected chi connectivity index (χ4v) is 2.58. The van der Waals surface area contributed by atoms with E-state index in [-0.39, 0.29) is 0 Å². The van der Waals surface area contributed by atoms with Crippen molar-refractivity contribution in [2.75, 3.05) is 7.11 Å². The maximum atomic E-state index is 5.21. The normalized spacial score (nSPS) is 10.9. The van der Waals surface area contributed by atoms with Crippen LogP contribution in [0.3, 0.4) is 0 Å². The summed E-state index contributed by atoms with van der Waals surface area (Å²) < 4.78 is 7.53. The molecule has 1 heterocycles. The monoisotopic (exact) mass is 265 g/mol. The van der Waals surface area contributed by atoms with Crippen molar-refractivity contribution in [3.63, 3.8) is 0 Å². The van der Waals surface area contributed by atoms with Crippen LogP contribution in [0.5, 0.6) is 5.75 Å². The van der Waals surface area contributed by atoms with Gasteiger partial charge in [0.25, 0.3) is 0 Å². The van der Waals surface area contributed by atoms with Gasteiger partial charge in [-0.15, -0.1) is 0 Å². The Balaban J connectivity index is 2.04. The molecule has 0 atom stereocenters. The van der Waals surface area contributed by atoms with Gasteiger partial charge in [0.1, 0.15) is 5.75 Å². The molecule has 0 aliphatic heterocycles. The maximum Gasteiger partial charge on any atom is 0.118 e. The summed E-state index contributed by atoms with van der Waals surface area (Å²) in [4.78, 5) is 0. The highest BCUT2D eigenvalue weighted by atomic mass is 16.5. The highest BCUT2D eigenvalue weighted by Crippen LogP contribution is 2.26. The van der Waals surface area contributed by atoms with Gasteiger partial charge in [-0.3, -0.25) is 0 Å². The van der Waals surface area contributed by atoms with Gasteiger partial charge in [-0.1, -0.05) is 31.2 Å². The Bertz CT molecular complexity index is 710. The minimum atomic E-state index is 0.893. The molecule has 1 aromatic heterocycles. The molecule has 20 heavy (non-hydrogen) atoms. The van der Waals surface area contributed by atoms with Gasteiger partial charge >= 0.3 is 0 Å². The van der Waals surface area contributed by atoms with Crippen LogP contribution in [0, 0.1) is 0 Å². The molecule has 0 spiro atoms. The molecule has 102 valence electrons. The minimum absolute atomic E-state index is 0.893. The van der Waals surface area contributed by atoms with Crippen LogP contribution in [-0.4, -0.2) is 11.7 Å². The van der Waals surface area contributed by atoms with Crippen molar-refractivity contribution in [1.29, 1.82) is 0 Å². The lowest BCUT2D eigenvalue weighted by molar-refractivity contribution is 0.415. The van der Waals surface area contributed by atoms with E-state index < -0.39 is 0 Å². The average Bonchev–Trinajstić information content (AvgIpc) is 2.90. The van der Waals surface area contributed by atoms with Crippen molar-refractivity contribution in [3.05, 3.63) is 54.7 Å². The number of hydrogen-bond acceptors (Lipinski definition) is 1. The van der Waals surface area contributed by atoms with Crippen LogP contribution in [0.1, 0.15) is 13.3 Å². The highest BCUT2D eigenvalue weighted by Gasteiger charge is 2.04. The van der Waals surface area contributed by atoms with Crippen LogP contribution in [-0.2, 0) is 6.54 Å². The van der Waals surface area contributed by atoms with E-state index in [0.29, 0.717) is 0 Å².